The fraction of sp³-hybridized carbons (Fsp3) is 0.857. The number of rotatable bonds is 11. The summed E-state index contributed by atoms with van der Waals surface area (Å²) in [5, 5.41) is 8.72. The molecule has 1 amide bonds. The Morgan fingerprint density at radius 1 is 1.16 bits per heavy atom. The van der Waals surface area contributed by atoms with Crippen LogP contribution < -0.4 is 0 Å². The molecule has 1 unspecified atom stereocenters. The van der Waals surface area contributed by atoms with Gasteiger partial charge in [-0.25, -0.2) is 4.39 Å². The normalized spacial score (nSPS) is 12.2. The number of aliphatic carboxylic acids is 1. The molecule has 4 nitrogen and oxygen atoms in total. The first kappa shape index (κ1) is 17.9. The van der Waals surface area contributed by atoms with E-state index in [0.29, 0.717) is 25.8 Å². The molecule has 19 heavy (non-hydrogen) atoms. The highest BCUT2D eigenvalue weighted by Crippen LogP contribution is 2.13. The second kappa shape index (κ2) is 10.8. The number of carboxylic acids is 1. The molecule has 0 aliphatic heterocycles. The van der Waals surface area contributed by atoms with Crippen molar-refractivity contribution < 1.29 is 19.1 Å². The predicted octanol–water partition coefficient (Wildman–Crippen LogP) is 3.01. The first-order valence-electron chi connectivity index (χ1n) is 7.14. The molecule has 112 valence electrons. The van der Waals surface area contributed by atoms with Crippen molar-refractivity contribution in [2.45, 2.75) is 65.0 Å². The van der Waals surface area contributed by atoms with Gasteiger partial charge in [0.05, 0.1) is 0 Å². The monoisotopic (exact) mass is 275 g/mol. The molecule has 0 bridgehead atoms. The zero-order chi connectivity index (χ0) is 14.7. The van der Waals surface area contributed by atoms with Crippen LogP contribution in [0.2, 0.25) is 0 Å². The molecule has 1 N–H and O–H groups in total. The summed E-state index contributed by atoms with van der Waals surface area (Å²) in [5.41, 5.74) is 0. The number of unbranched alkanes of at least 4 members (excludes halogenated alkanes) is 1. The van der Waals surface area contributed by atoms with Crippen LogP contribution in [-0.4, -0.2) is 41.1 Å². The molecule has 0 aromatic heterocycles. The molecule has 0 aliphatic carbocycles. The van der Waals surface area contributed by atoms with Gasteiger partial charge in [0.1, 0.15) is 12.7 Å². The smallest absolute Gasteiger partial charge is 0.323 e. The standard InChI is InChI=1S/C14H26FNO3/c1-3-5-7-12(15)8-6-9-13(17)16(10-4-2)11-14(18)19/h12H,3-11H2,1-2H3,(H,18,19). The second-order valence-electron chi connectivity index (χ2n) is 4.84. The van der Waals surface area contributed by atoms with Gasteiger partial charge in [0, 0.05) is 13.0 Å². The third kappa shape index (κ3) is 9.45. The number of carboxylic acid groups (broad SMARTS) is 1. The van der Waals surface area contributed by atoms with Crippen molar-refractivity contribution in [2.24, 2.45) is 0 Å². The fourth-order valence-corrected chi connectivity index (χ4v) is 1.93. The van der Waals surface area contributed by atoms with Crippen LogP contribution in [0.4, 0.5) is 4.39 Å². The number of hydrogen-bond donors (Lipinski definition) is 1. The van der Waals surface area contributed by atoms with Crippen molar-refractivity contribution in [1.82, 2.24) is 4.90 Å². The maximum atomic E-state index is 13.4. The van der Waals surface area contributed by atoms with Gasteiger partial charge in [-0.3, -0.25) is 9.59 Å². The van der Waals surface area contributed by atoms with Crippen LogP contribution in [0.1, 0.15) is 58.8 Å². The van der Waals surface area contributed by atoms with E-state index in [-0.39, 0.29) is 18.9 Å². The summed E-state index contributed by atoms with van der Waals surface area (Å²) < 4.78 is 13.4. The second-order valence-corrected chi connectivity index (χ2v) is 4.84. The molecule has 0 heterocycles. The first-order chi connectivity index (χ1) is 9.01. The molecule has 5 heteroatoms. The van der Waals surface area contributed by atoms with Crippen molar-refractivity contribution in [1.29, 1.82) is 0 Å². The van der Waals surface area contributed by atoms with Gasteiger partial charge in [-0.2, -0.15) is 0 Å². The molecule has 0 rings (SSSR count). The molecule has 0 aliphatic rings. The third-order valence-corrected chi connectivity index (χ3v) is 2.95. The summed E-state index contributed by atoms with van der Waals surface area (Å²) >= 11 is 0. The van der Waals surface area contributed by atoms with Crippen LogP contribution in [0.25, 0.3) is 0 Å². The van der Waals surface area contributed by atoms with Gasteiger partial charge >= 0.3 is 5.97 Å². The van der Waals surface area contributed by atoms with Gasteiger partial charge in [-0.15, -0.1) is 0 Å². The maximum Gasteiger partial charge on any atom is 0.323 e. The van der Waals surface area contributed by atoms with Crippen LogP contribution in [0.5, 0.6) is 0 Å². The molecule has 0 aromatic rings. The molecule has 1 atom stereocenters. The molecule has 0 spiro atoms. The van der Waals surface area contributed by atoms with Gasteiger partial charge in [0.15, 0.2) is 0 Å². The molecule has 0 radical (unpaired) electrons. The Morgan fingerprint density at radius 2 is 1.79 bits per heavy atom. The number of alkyl halides is 1. The Kier molecular flexibility index (Phi) is 10.1. The van der Waals surface area contributed by atoms with Crippen molar-refractivity contribution in [3.63, 3.8) is 0 Å². The van der Waals surface area contributed by atoms with E-state index in [2.05, 4.69) is 0 Å². The van der Waals surface area contributed by atoms with Crippen LogP contribution in [0, 0.1) is 0 Å². The maximum absolute atomic E-state index is 13.4. The zero-order valence-electron chi connectivity index (χ0n) is 12.0. The Morgan fingerprint density at radius 3 is 2.32 bits per heavy atom. The highest BCUT2D eigenvalue weighted by atomic mass is 19.1. The number of halogens is 1. The lowest BCUT2D eigenvalue weighted by Gasteiger charge is -2.20. The van der Waals surface area contributed by atoms with Gasteiger partial charge in [-0.05, 0) is 25.7 Å². The predicted molar refractivity (Wildman–Crippen MR) is 72.8 cm³/mol. The lowest BCUT2D eigenvalue weighted by molar-refractivity contribution is -0.144. The molecule has 0 saturated heterocycles. The number of carbonyl (C=O) groups excluding carboxylic acids is 1. The lowest BCUT2D eigenvalue weighted by atomic mass is 10.1. The first-order valence-corrected chi connectivity index (χ1v) is 7.14. The number of hydrogen-bond acceptors (Lipinski definition) is 2. The van der Waals surface area contributed by atoms with E-state index in [1.807, 2.05) is 13.8 Å². The summed E-state index contributed by atoms with van der Waals surface area (Å²) in [6.45, 7) is 4.09. The Hall–Kier alpha value is -1.13. The molecular weight excluding hydrogens is 249 g/mol. The third-order valence-electron chi connectivity index (χ3n) is 2.95. The molecular formula is C14H26FNO3. The van der Waals surface area contributed by atoms with E-state index >= 15 is 0 Å². The van der Waals surface area contributed by atoms with Crippen molar-refractivity contribution >= 4 is 11.9 Å². The van der Waals surface area contributed by atoms with Gasteiger partial charge < -0.3 is 10.0 Å². The van der Waals surface area contributed by atoms with Gasteiger partial charge in [0.2, 0.25) is 5.91 Å². The molecule has 0 aromatic carbocycles. The Balaban J connectivity index is 3.94. The average molecular weight is 275 g/mol. The van der Waals surface area contributed by atoms with E-state index in [9.17, 15) is 14.0 Å². The summed E-state index contributed by atoms with van der Waals surface area (Å²) in [6.07, 6.45) is 3.40. The summed E-state index contributed by atoms with van der Waals surface area (Å²) in [4.78, 5) is 23.8. The van der Waals surface area contributed by atoms with Gasteiger partial charge in [0.25, 0.3) is 0 Å². The van der Waals surface area contributed by atoms with Crippen LogP contribution >= 0.6 is 0 Å². The zero-order valence-corrected chi connectivity index (χ0v) is 12.0. The fourth-order valence-electron chi connectivity index (χ4n) is 1.93. The van der Waals surface area contributed by atoms with E-state index in [1.54, 1.807) is 0 Å². The largest absolute Gasteiger partial charge is 0.480 e. The Bertz CT molecular complexity index is 271. The quantitative estimate of drug-likeness (QED) is 0.630. The minimum atomic E-state index is -1.01. The minimum absolute atomic E-state index is 0.188. The summed E-state index contributed by atoms with van der Waals surface area (Å²) in [6, 6.07) is 0. The van der Waals surface area contributed by atoms with Crippen molar-refractivity contribution in [2.75, 3.05) is 13.1 Å². The van der Waals surface area contributed by atoms with E-state index in [1.165, 1.54) is 4.90 Å². The SMILES string of the molecule is CCCCC(F)CCCC(=O)N(CCC)CC(=O)O. The van der Waals surface area contributed by atoms with E-state index in [0.717, 1.165) is 19.3 Å². The van der Waals surface area contributed by atoms with E-state index < -0.39 is 12.1 Å². The highest BCUT2D eigenvalue weighted by Gasteiger charge is 2.16. The summed E-state index contributed by atoms with van der Waals surface area (Å²) in [7, 11) is 0. The van der Waals surface area contributed by atoms with Crippen LogP contribution in [0.3, 0.4) is 0 Å². The van der Waals surface area contributed by atoms with E-state index in [4.69, 9.17) is 5.11 Å². The van der Waals surface area contributed by atoms with Crippen molar-refractivity contribution in [3.05, 3.63) is 0 Å². The Labute approximate surface area is 115 Å². The number of carbonyl (C=O) groups is 2. The van der Waals surface area contributed by atoms with Crippen LogP contribution in [-0.2, 0) is 9.59 Å². The summed E-state index contributed by atoms with van der Waals surface area (Å²) in [5.74, 6) is -1.19. The topological polar surface area (TPSA) is 57.6 Å². The molecule has 0 fully saturated rings. The number of nitrogens with zero attached hydrogens (tertiary/aromatic N) is 1. The van der Waals surface area contributed by atoms with Crippen molar-refractivity contribution in [3.8, 4) is 0 Å². The average Bonchev–Trinajstić information content (AvgIpc) is 2.35. The highest BCUT2D eigenvalue weighted by molar-refractivity contribution is 5.81. The minimum Gasteiger partial charge on any atom is -0.480 e. The van der Waals surface area contributed by atoms with Crippen LogP contribution in [0.15, 0.2) is 0 Å². The molecule has 0 saturated carbocycles. The number of amides is 1. The van der Waals surface area contributed by atoms with Gasteiger partial charge in [-0.1, -0.05) is 26.7 Å². The lowest BCUT2D eigenvalue weighted by Crippen LogP contribution is -2.36.